The second-order valence-electron chi connectivity index (χ2n) is 6.38. The van der Waals surface area contributed by atoms with Gasteiger partial charge >= 0.3 is 0 Å². The summed E-state index contributed by atoms with van der Waals surface area (Å²) in [5.41, 5.74) is 2.38. The van der Waals surface area contributed by atoms with Crippen LogP contribution in [0.2, 0.25) is 0 Å². The van der Waals surface area contributed by atoms with Gasteiger partial charge in [0, 0.05) is 31.4 Å². The van der Waals surface area contributed by atoms with Crippen LogP contribution in [-0.2, 0) is 6.54 Å². The van der Waals surface area contributed by atoms with Crippen LogP contribution in [0.1, 0.15) is 49.4 Å². The normalized spacial score (nSPS) is 10.8. The fourth-order valence-electron chi connectivity index (χ4n) is 2.73. The SMILES string of the molecule is CCN(CC)c1nc(C)cc(C(=O)N(Cc2ccccc2)C(C)C)n1. The van der Waals surface area contributed by atoms with Gasteiger partial charge in [-0.1, -0.05) is 30.3 Å². The van der Waals surface area contributed by atoms with E-state index in [0.29, 0.717) is 18.2 Å². The number of carbonyl (C=O) groups is 1. The molecule has 0 aliphatic heterocycles. The molecule has 134 valence electrons. The Morgan fingerprint density at radius 2 is 1.72 bits per heavy atom. The van der Waals surface area contributed by atoms with Crippen molar-refractivity contribution in [1.29, 1.82) is 0 Å². The van der Waals surface area contributed by atoms with Gasteiger partial charge < -0.3 is 9.80 Å². The molecule has 0 fully saturated rings. The number of anilines is 1. The van der Waals surface area contributed by atoms with Gasteiger partial charge in [-0.3, -0.25) is 4.79 Å². The van der Waals surface area contributed by atoms with Crippen molar-refractivity contribution in [1.82, 2.24) is 14.9 Å². The van der Waals surface area contributed by atoms with Crippen molar-refractivity contribution in [2.75, 3.05) is 18.0 Å². The summed E-state index contributed by atoms with van der Waals surface area (Å²) in [6.07, 6.45) is 0. The molecule has 0 bridgehead atoms. The number of aromatic nitrogens is 2. The molecule has 2 rings (SSSR count). The number of hydrogen-bond donors (Lipinski definition) is 0. The van der Waals surface area contributed by atoms with E-state index in [-0.39, 0.29) is 11.9 Å². The maximum atomic E-state index is 13.1. The van der Waals surface area contributed by atoms with Gasteiger partial charge in [0.15, 0.2) is 0 Å². The zero-order valence-corrected chi connectivity index (χ0v) is 15.9. The summed E-state index contributed by atoms with van der Waals surface area (Å²) in [6.45, 7) is 12.3. The average Bonchev–Trinajstić information content (AvgIpc) is 2.60. The fraction of sp³-hybridized carbons (Fsp3) is 0.450. The van der Waals surface area contributed by atoms with E-state index in [1.165, 1.54) is 0 Å². The minimum atomic E-state index is -0.0576. The lowest BCUT2D eigenvalue weighted by Crippen LogP contribution is -2.37. The zero-order valence-electron chi connectivity index (χ0n) is 15.9. The molecule has 0 unspecified atom stereocenters. The topological polar surface area (TPSA) is 49.3 Å². The van der Waals surface area contributed by atoms with Crippen molar-refractivity contribution in [3.8, 4) is 0 Å². The van der Waals surface area contributed by atoms with Gasteiger partial charge in [-0.15, -0.1) is 0 Å². The first-order chi connectivity index (χ1) is 12.0. The smallest absolute Gasteiger partial charge is 0.273 e. The van der Waals surface area contributed by atoms with Crippen molar-refractivity contribution < 1.29 is 4.79 Å². The molecular formula is C20H28N4O. The Kier molecular flexibility index (Phi) is 6.51. The molecule has 0 atom stereocenters. The van der Waals surface area contributed by atoms with Crippen molar-refractivity contribution in [3.63, 3.8) is 0 Å². The quantitative estimate of drug-likeness (QED) is 0.771. The van der Waals surface area contributed by atoms with E-state index in [0.717, 1.165) is 24.3 Å². The van der Waals surface area contributed by atoms with E-state index >= 15 is 0 Å². The van der Waals surface area contributed by atoms with Crippen LogP contribution in [0.4, 0.5) is 5.95 Å². The summed E-state index contributed by atoms with van der Waals surface area (Å²) < 4.78 is 0. The first kappa shape index (κ1) is 18.9. The maximum Gasteiger partial charge on any atom is 0.273 e. The highest BCUT2D eigenvalue weighted by molar-refractivity contribution is 5.92. The van der Waals surface area contributed by atoms with Crippen LogP contribution >= 0.6 is 0 Å². The van der Waals surface area contributed by atoms with Crippen LogP contribution in [0, 0.1) is 6.92 Å². The average molecular weight is 340 g/mol. The lowest BCUT2D eigenvalue weighted by Gasteiger charge is -2.27. The van der Waals surface area contributed by atoms with E-state index in [9.17, 15) is 4.79 Å². The highest BCUT2D eigenvalue weighted by Gasteiger charge is 2.22. The summed E-state index contributed by atoms with van der Waals surface area (Å²) in [4.78, 5) is 26.1. The Morgan fingerprint density at radius 1 is 1.08 bits per heavy atom. The van der Waals surface area contributed by atoms with E-state index in [1.807, 2.05) is 56.0 Å². The maximum absolute atomic E-state index is 13.1. The molecule has 25 heavy (non-hydrogen) atoms. The third kappa shape index (κ3) is 4.78. The van der Waals surface area contributed by atoms with Crippen LogP contribution in [0.3, 0.4) is 0 Å². The molecule has 0 saturated heterocycles. The number of nitrogens with zero attached hydrogens (tertiary/aromatic N) is 4. The summed E-state index contributed by atoms with van der Waals surface area (Å²) in [6, 6.07) is 11.9. The molecular weight excluding hydrogens is 312 g/mol. The van der Waals surface area contributed by atoms with Gasteiger partial charge in [-0.25, -0.2) is 9.97 Å². The second-order valence-corrected chi connectivity index (χ2v) is 6.38. The Bertz CT molecular complexity index is 696. The van der Waals surface area contributed by atoms with Crippen molar-refractivity contribution >= 4 is 11.9 Å². The number of carbonyl (C=O) groups excluding carboxylic acids is 1. The Balaban J connectivity index is 2.32. The first-order valence-corrected chi connectivity index (χ1v) is 8.91. The molecule has 0 N–H and O–H groups in total. The predicted molar refractivity (Wildman–Crippen MR) is 102 cm³/mol. The van der Waals surface area contributed by atoms with Gasteiger partial charge in [0.1, 0.15) is 5.69 Å². The largest absolute Gasteiger partial charge is 0.341 e. The highest BCUT2D eigenvalue weighted by atomic mass is 16.2. The van der Waals surface area contributed by atoms with Crippen LogP contribution in [0.5, 0.6) is 0 Å². The van der Waals surface area contributed by atoms with E-state index in [2.05, 4.69) is 28.7 Å². The molecule has 1 aromatic heterocycles. The zero-order chi connectivity index (χ0) is 18.4. The fourth-order valence-corrected chi connectivity index (χ4v) is 2.73. The van der Waals surface area contributed by atoms with Gasteiger partial charge in [-0.2, -0.15) is 0 Å². The molecule has 1 amide bonds. The van der Waals surface area contributed by atoms with Crippen LogP contribution in [0.15, 0.2) is 36.4 Å². The number of hydrogen-bond acceptors (Lipinski definition) is 4. The van der Waals surface area contributed by atoms with Crippen LogP contribution in [0.25, 0.3) is 0 Å². The third-order valence-corrected chi connectivity index (χ3v) is 4.19. The van der Waals surface area contributed by atoms with E-state index < -0.39 is 0 Å². The number of aryl methyl sites for hydroxylation is 1. The summed E-state index contributed by atoms with van der Waals surface area (Å²) in [5, 5.41) is 0. The third-order valence-electron chi connectivity index (χ3n) is 4.19. The molecule has 5 nitrogen and oxygen atoms in total. The Morgan fingerprint density at radius 3 is 2.28 bits per heavy atom. The first-order valence-electron chi connectivity index (χ1n) is 8.91. The summed E-state index contributed by atoms with van der Waals surface area (Å²) >= 11 is 0. The lowest BCUT2D eigenvalue weighted by atomic mass is 10.1. The van der Waals surface area contributed by atoms with Gasteiger partial charge in [0.2, 0.25) is 5.95 Å². The minimum Gasteiger partial charge on any atom is -0.341 e. The summed E-state index contributed by atoms with van der Waals surface area (Å²) in [7, 11) is 0. The van der Waals surface area contributed by atoms with Gasteiger partial charge in [0.25, 0.3) is 5.91 Å². The summed E-state index contributed by atoms with van der Waals surface area (Å²) in [5.74, 6) is 0.564. The molecule has 1 heterocycles. The molecule has 0 spiro atoms. The molecule has 2 aromatic rings. The molecule has 0 radical (unpaired) electrons. The van der Waals surface area contributed by atoms with Gasteiger partial charge in [0.05, 0.1) is 0 Å². The van der Waals surface area contributed by atoms with Crippen molar-refractivity contribution in [2.45, 2.75) is 47.2 Å². The second kappa shape index (κ2) is 8.60. The molecule has 5 heteroatoms. The predicted octanol–water partition coefficient (Wildman–Crippen LogP) is 3.68. The van der Waals surface area contributed by atoms with Crippen molar-refractivity contribution in [3.05, 3.63) is 53.3 Å². The molecule has 0 saturated carbocycles. The van der Waals surface area contributed by atoms with Crippen molar-refractivity contribution in [2.24, 2.45) is 0 Å². The Labute approximate surface area is 150 Å². The molecule has 0 aliphatic carbocycles. The molecule has 0 aliphatic rings. The van der Waals surface area contributed by atoms with E-state index in [1.54, 1.807) is 6.07 Å². The number of rotatable bonds is 7. The Hall–Kier alpha value is -2.43. The minimum absolute atomic E-state index is 0.0576. The van der Waals surface area contributed by atoms with Crippen LogP contribution < -0.4 is 4.90 Å². The van der Waals surface area contributed by atoms with E-state index in [4.69, 9.17) is 0 Å². The van der Waals surface area contributed by atoms with Crippen LogP contribution in [-0.4, -0.2) is 39.9 Å². The number of benzene rings is 1. The van der Waals surface area contributed by atoms with Gasteiger partial charge in [-0.05, 0) is 46.2 Å². The monoisotopic (exact) mass is 340 g/mol. The molecule has 1 aromatic carbocycles. The highest BCUT2D eigenvalue weighted by Crippen LogP contribution is 2.16. The number of amides is 1. The lowest BCUT2D eigenvalue weighted by molar-refractivity contribution is 0.0684. The standard InChI is InChI=1S/C20H28N4O/c1-6-23(7-2)20-21-16(5)13-18(22-20)19(25)24(15(3)4)14-17-11-9-8-10-12-17/h8-13,15H,6-7,14H2,1-5H3.